The van der Waals surface area contributed by atoms with Crippen LogP contribution in [-0.4, -0.2) is 25.2 Å². The van der Waals surface area contributed by atoms with Gasteiger partial charge in [-0.2, -0.15) is 0 Å². The van der Waals surface area contributed by atoms with E-state index >= 15 is 0 Å². The Morgan fingerprint density at radius 3 is 2.76 bits per heavy atom. The Morgan fingerprint density at radius 1 is 1.33 bits per heavy atom. The highest BCUT2D eigenvalue weighted by Gasteiger charge is 2.18. The number of para-hydroxylation sites is 1. The molecule has 0 atom stereocenters. The minimum Gasteiger partial charge on any atom is -0.490 e. The van der Waals surface area contributed by atoms with E-state index in [2.05, 4.69) is 5.32 Å². The zero-order chi connectivity index (χ0) is 15.1. The number of ether oxygens (including phenoxy) is 2. The monoisotopic (exact) mass is 292 g/mol. The van der Waals surface area contributed by atoms with Gasteiger partial charge in [0.15, 0.2) is 18.1 Å². The molecule has 0 bridgehead atoms. The lowest BCUT2D eigenvalue weighted by Gasteiger charge is -2.16. The minimum atomic E-state index is -0.0869. The molecule has 1 fully saturated rings. The van der Waals surface area contributed by atoms with Crippen LogP contribution in [0.2, 0.25) is 0 Å². The van der Waals surface area contributed by atoms with Gasteiger partial charge >= 0.3 is 0 Å². The number of amides is 1. The predicted octanol–water partition coefficient (Wildman–Crippen LogP) is 1.98. The first-order chi connectivity index (χ1) is 10.2. The SMILES string of the molecule is CCOc1cccc(CN)c1OCC(=O)NC1CCCC1. The topological polar surface area (TPSA) is 73.6 Å². The van der Waals surface area contributed by atoms with E-state index in [1.165, 1.54) is 12.8 Å². The third kappa shape index (κ3) is 4.36. The van der Waals surface area contributed by atoms with E-state index in [0.29, 0.717) is 30.7 Å². The van der Waals surface area contributed by atoms with Crippen molar-refractivity contribution in [2.45, 2.75) is 45.2 Å². The van der Waals surface area contributed by atoms with E-state index in [0.717, 1.165) is 18.4 Å². The molecule has 1 aromatic rings. The molecule has 0 aromatic heterocycles. The molecule has 21 heavy (non-hydrogen) atoms. The van der Waals surface area contributed by atoms with E-state index in [1.54, 1.807) is 0 Å². The third-order valence-corrected chi connectivity index (χ3v) is 3.65. The summed E-state index contributed by atoms with van der Waals surface area (Å²) in [5.41, 5.74) is 6.56. The molecule has 1 aliphatic carbocycles. The van der Waals surface area contributed by atoms with Crippen LogP contribution >= 0.6 is 0 Å². The molecule has 5 heteroatoms. The summed E-state index contributed by atoms with van der Waals surface area (Å²) >= 11 is 0. The number of hydrogen-bond donors (Lipinski definition) is 2. The van der Waals surface area contributed by atoms with Crippen LogP contribution in [0.1, 0.15) is 38.2 Å². The van der Waals surface area contributed by atoms with Crippen molar-refractivity contribution in [3.8, 4) is 11.5 Å². The smallest absolute Gasteiger partial charge is 0.258 e. The number of nitrogens with two attached hydrogens (primary N) is 1. The molecule has 1 amide bonds. The Labute approximate surface area is 125 Å². The van der Waals surface area contributed by atoms with E-state index < -0.39 is 0 Å². The molecule has 116 valence electrons. The highest BCUT2D eigenvalue weighted by atomic mass is 16.5. The first-order valence-corrected chi connectivity index (χ1v) is 7.61. The number of carbonyl (C=O) groups excluding carboxylic acids is 1. The van der Waals surface area contributed by atoms with Gasteiger partial charge in [0.05, 0.1) is 6.61 Å². The summed E-state index contributed by atoms with van der Waals surface area (Å²) in [4.78, 5) is 11.9. The van der Waals surface area contributed by atoms with E-state index in [9.17, 15) is 4.79 Å². The largest absolute Gasteiger partial charge is 0.490 e. The van der Waals surface area contributed by atoms with Crippen LogP contribution in [0.25, 0.3) is 0 Å². The highest BCUT2D eigenvalue weighted by Crippen LogP contribution is 2.31. The lowest BCUT2D eigenvalue weighted by atomic mass is 10.2. The van der Waals surface area contributed by atoms with Crippen LogP contribution in [0.15, 0.2) is 18.2 Å². The normalized spacial score (nSPS) is 15.0. The van der Waals surface area contributed by atoms with Gasteiger partial charge in [-0.1, -0.05) is 25.0 Å². The van der Waals surface area contributed by atoms with Crippen molar-refractivity contribution in [3.63, 3.8) is 0 Å². The van der Waals surface area contributed by atoms with Crippen molar-refractivity contribution in [1.82, 2.24) is 5.32 Å². The van der Waals surface area contributed by atoms with Gasteiger partial charge in [0, 0.05) is 18.2 Å². The molecule has 1 saturated carbocycles. The summed E-state index contributed by atoms with van der Waals surface area (Å²) in [5.74, 6) is 1.12. The molecule has 5 nitrogen and oxygen atoms in total. The molecule has 1 aromatic carbocycles. The second-order valence-electron chi connectivity index (χ2n) is 5.22. The molecule has 3 N–H and O–H groups in total. The minimum absolute atomic E-state index is 0.00636. The van der Waals surface area contributed by atoms with Crippen molar-refractivity contribution in [2.24, 2.45) is 5.73 Å². The summed E-state index contributed by atoms with van der Waals surface area (Å²) in [5, 5.41) is 3.00. The van der Waals surface area contributed by atoms with Gasteiger partial charge < -0.3 is 20.5 Å². The van der Waals surface area contributed by atoms with Crippen molar-refractivity contribution in [2.75, 3.05) is 13.2 Å². The predicted molar refractivity (Wildman–Crippen MR) is 81.4 cm³/mol. The number of rotatable bonds is 7. The van der Waals surface area contributed by atoms with Crippen LogP contribution in [0.5, 0.6) is 11.5 Å². The van der Waals surface area contributed by atoms with Gasteiger partial charge in [0.25, 0.3) is 5.91 Å². The fourth-order valence-corrected chi connectivity index (χ4v) is 2.63. The summed E-state index contributed by atoms with van der Waals surface area (Å²) in [7, 11) is 0. The second kappa shape index (κ2) is 7.88. The summed E-state index contributed by atoms with van der Waals surface area (Å²) < 4.78 is 11.2. The number of carbonyl (C=O) groups is 1. The number of benzene rings is 1. The fraction of sp³-hybridized carbons (Fsp3) is 0.562. The van der Waals surface area contributed by atoms with Crippen molar-refractivity contribution < 1.29 is 14.3 Å². The Morgan fingerprint density at radius 2 is 2.10 bits per heavy atom. The molecule has 0 spiro atoms. The second-order valence-corrected chi connectivity index (χ2v) is 5.22. The molecular formula is C16H24N2O3. The summed E-state index contributed by atoms with van der Waals surface area (Å²) in [6.45, 7) is 2.79. The summed E-state index contributed by atoms with van der Waals surface area (Å²) in [6, 6.07) is 5.88. The van der Waals surface area contributed by atoms with E-state index in [-0.39, 0.29) is 12.5 Å². The van der Waals surface area contributed by atoms with Crippen molar-refractivity contribution >= 4 is 5.91 Å². The molecule has 0 saturated heterocycles. The van der Waals surface area contributed by atoms with Crippen molar-refractivity contribution in [3.05, 3.63) is 23.8 Å². The zero-order valence-corrected chi connectivity index (χ0v) is 12.6. The molecule has 1 aliphatic rings. The first-order valence-electron chi connectivity index (χ1n) is 7.61. The van der Waals surface area contributed by atoms with Crippen LogP contribution in [0, 0.1) is 0 Å². The van der Waals surface area contributed by atoms with E-state index in [4.69, 9.17) is 15.2 Å². The van der Waals surface area contributed by atoms with Gasteiger partial charge in [-0.25, -0.2) is 0 Å². The lowest BCUT2D eigenvalue weighted by Crippen LogP contribution is -2.36. The van der Waals surface area contributed by atoms with Gasteiger partial charge in [-0.3, -0.25) is 4.79 Å². The Bertz CT molecular complexity index is 471. The number of nitrogens with one attached hydrogen (secondary N) is 1. The Hall–Kier alpha value is -1.75. The molecule has 0 aliphatic heterocycles. The van der Waals surface area contributed by atoms with E-state index in [1.807, 2.05) is 25.1 Å². The van der Waals surface area contributed by atoms with Crippen LogP contribution < -0.4 is 20.5 Å². The first kappa shape index (κ1) is 15.6. The van der Waals surface area contributed by atoms with Gasteiger partial charge in [0.1, 0.15) is 0 Å². The maximum Gasteiger partial charge on any atom is 0.258 e. The van der Waals surface area contributed by atoms with Crippen LogP contribution in [-0.2, 0) is 11.3 Å². The van der Waals surface area contributed by atoms with Crippen LogP contribution in [0.4, 0.5) is 0 Å². The highest BCUT2D eigenvalue weighted by molar-refractivity contribution is 5.78. The maximum absolute atomic E-state index is 11.9. The molecule has 0 unspecified atom stereocenters. The molecule has 2 rings (SSSR count). The van der Waals surface area contributed by atoms with Gasteiger partial charge in [-0.15, -0.1) is 0 Å². The standard InChI is InChI=1S/C16H24N2O3/c1-2-20-14-9-5-6-12(10-17)16(14)21-11-15(19)18-13-7-3-4-8-13/h5-6,9,13H,2-4,7-8,10-11,17H2,1H3,(H,18,19). The quantitative estimate of drug-likeness (QED) is 0.806. The van der Waals surface area contributed by atoms with Crippen molar-refractivity contribution in [1.29, 1.82) is 0 Å². The van der Waals surface area contributed by atoms with Crippen LogP contribution in [0.3, 0.4) is 0 Å². The summed E-state index contributed by atoms with van der Waals surface area (Å²) in [6.07, 6.45) is 4.51. The lowest BCUT2D eigenvalue weighted by molar-refractivity contribution is -0.123. The maximum atomic E-state index is 11.9. The Kier molecular flexibility index (Phi) is 5.87. The molecule has 0 heterocycles. The Balaban J connectivity index is 1.95. The zero-order valence-electron chi connectivity index (χ0n) is 12.6. The molecular weight excluding hydrogens is 268 g/mol. The average molecular weight is 292 g/mol. The third-order valence-electron chi connectivity index (χ3n) is 3.65. The fourth-order valence-electron chi connectivity index (χ4n) is 2.63. The average Bonchev–Trinajstić information content (AvgIpc) is 2.98. The molecule has 0 radical (unpaired) electrons. The van der Waals surface area contributed by atoms with Gasteiger partial charge in [0.2, 0.25) is 0 Å². The van der Waals surface area contributed by atoms with Gasteiger partial charge in [-0.05, 0) is 25.8 Å². The number of hydrogen-bond acceptors (Lipinski definition) is 4.